The summed E-state index contributed by atoms with van der Waals surface area (Å²) in [5.41, 5.74) is 6.57. The van der Waals surface area contributed by atoms with Gasteiger partial charge in [0.1, 0.15) is 10.6 Å². The third kappa shape index (κ3) is 4.32. The number of nitrogens with one attached hydrogen (secondary N) is 1. The minimum absolute atomic E-state index is 0. The molecule has 0 amide bonds. The van der Waals surface area contributed by atoms with E-state index in [9.17, 15) is 8.42 Å². The summed E-state index contributed by atoms with van der Waals surface area (Å²) in [5.74, 6) is 0.694. The van der Waals surface area contributed by atoms with Gasteiger partial charge in [0.15, 0.2) is 0 Å². The van der Waals surface area contributed by atoms with E-state index in [2.05, 4.69) is 20.7 Å². The van der Waals surface area contributed by atoms with Gasteiger partial charge in [-0.05, 0) is 43.4 Å². The monoisotopic (exact) mass is 398 g/mol. The highest BCUT2D eigenvalue weighted by molar-refractivity contribution is 9.10. The molecule has 1 aliphatic rings. The van der Waals surface area contributed by atoms with Crippen LogP contribution in [0.1, 0.15) is 18.4 Å². The fourth-order valence-electron chi connectivity index (χ4n) is 2.10. The van der Waals surface area contributed by atoms with Crippen LogP contribution in [0.15, 0.2) is 21.5 Å². The number of methoxy groups -OCH3 is 1. The molecule has 1 unspecified atom stereocenters. The van der Waals surface area contributed by atoms with Crippen molar-refractivity contribution in [2.75, 3.05) is 13.7 Å². The number of hydrogen-bond acceptors (Lipinski definition) is 4. The van der Waals surface area contributed by atoms with Gasteiger partial charge in [-0.3, -0.25) is 0 Å². The molecule has 1 aromatic carbocycles. The minimum Gasteiger partial charge on any atom is -0.495 e. The third-order valence-electron chi connectivity index (χ3n) is 3.49. The van der Waals surface area contributed by atoms with Gasteiger partial charge in [0, 0.05) is 17.1 Å². The zero-order valence-electron chi connectivity index (χ0n) is 11.9. The number of sulfonamides is 1. The lowest BCUT2D eigenvalue weighted by molar-refractivity contribution is 0.401. The second-order valence-corrected chi connectivity index (χ2v) is 7.59. The third-order valence-corrected chi connectivity index (χ3v) is 5.85. The molecular formula is C13H20BrClN2O3S. The average Bonchev–Trinajstić information content (AvgIpc) is 3.23. The molecule has 120 valence electrons. The summed E-state index contributed by atoms with van der Waals surface area (Å²) in [7, 11) is -2.18. The Labute approximate surface area is 140 Å². The molecule has 8 heteroatoms. The fraction of sp³-hybridized carbons (Fsp3) is 0.538. The van der Waals surface area contributed by atoms with E-state index >= 15 is 0 Å². The van der Waals surface area contributed by atoms with Gasteiger partial charge in [-0.25, -0.2) is 13.1 Å². The van der Waals surface area contributed by atoms with Crippen LogP contribution in [0.5, 0.6) is 5.75 Å². The summed E-state index contributed by atoms with van der Waals surface area (Å²) in [6.45, 7) is 2.18. The SMILES string of the molecule is COc1cc(C)c(Br)cc1S(=O)(=O)NC(CN)C1CC1.Cl. The van der Waals surface area contributed by atoms with Crippen molar-refractivity contribution in [2.45, 2.75) is 30.7 Å². The van der Waals surface area contributed by atoms with Crippen LogP contribution in [0.3, 0.4) is 0 Å². The molecule has 21 heavy (non-hydrogen) atoms. The van der Waals surface area contributed by atoms with Crippen LogP contribution >= 0.6 is 28.3 Å². The van der Waals surface area contributed by atoms with Crippen LogP contribution < -0.4 is 15.2 Å². The molecular weight excluding hydrogens is 380 g/mol. The van der Waals surface area contributed by atoms with Crippen LogP contribution in [-0.4, -0.2) is 28.1 Å². The number of hydrogen-bond donors (Lipinski definition) is 2. The molecule has 0 aliphatic heterocycles. The van der Waals surface area contributed by atoms with Crippen LogP contribution in [0.4, 0.5) is 0 Å². The van der Waals surface area contributed by atoms with Gasteiger partial charge in [-0.15, -0.1) is 12.4 Å². The van der Waals surface area contributed by atoms with Crippen LogP contribution in [-0.2, 0) is 10.0 Å². The first-order valence-corrected chi connectivity index (χ1v) is 8.73. The Hall–Kier alpha value is -0.340. The highest BCUT2D eigenvalue weighted by Crippen LogP contribution is 2.34. The molecule has 0 aromatic heterocycles. The van der Waals surface area contributed by atoms with Gasteiger partial charge in [-0.1, -0.05) is 15.9 Å². The lowest BCUT2D eigenvalue weighted by Crippen LogP contribution is -2.41. The highest BCUT2D eigenvalue weighted by atomic mass is 79.9. The van der Waals surface area contributed by atoms with Crippen molar-refractivity contribution in [1.82, 2.24) is 4.72 Å². The first-order chi connectivity index (χ1) is 9.39. The predicted molar refractivity (Wildman–Crippen MR) is 88.6 cm³/mol. The molecule has 2 rings (SSSR count). The summed E-state index contributed by atoms with van der Waals surface area (Å²) in [6, 6.07) is 3.06. The molecule has 0 bridgehead atoms. The number of ether oxygens (including phenoxy) is 1. The molecule has 1 aromatic rings. The van der Waals surface area contributed by atoms with Gasteiger partial charge in [-0.2, -0.15) is 0 Å². The van der Waals surface area contributed by atoms with E-state index in [4.69, 9.17) is 10.5 Å². The molecule has 3 N–H and O–H groups in total. The smallest absolute Gasteiger partial charge is 0.244 e. The van der Waals surface area contributed by atoms with E-state index in [-0.39, 0.29) is 23.3 Å². The molecule has 1 saturated carbocycles. The molecule has 0 heterocycles. The minimum atomic E-state index is -3.64. The quantitative estimate of drug-likeness (QED) is 0.768. The van der Waals surface area contributed by atoms with Gasteiger partial charge < -0.3 is 10.5 Å². The first kappa shape index (κ1) is 18.7. The van der Waals surface area contributed by atoms with E-state index in [1.807, 2.05) is 6.92 Å². The van der Waals surface area contributed by atoms with Crippen LogP contribution in [0.25, 0.3) is 0 Å². The van der Waals surface area contributed by atoms with E-state index in [0.717, 1.165) is 22.9 Å². The molecule has 0 radical (unpaired) electrons. The number of rotatable bonds is 6. The normalized spacial score (nSPS) is 16.2. The van der Waals surface area contributed by atoms with E-state index in [1.165, 1.54) is 7.11 Å². The van der Waals surface area contributed by atoms with Crippen molar-refractivity contribution in [1.29, 1.82) is 0 Å². The fourth-order valence-corrected chi connectivity index (χ4v) is 4.09. The van der Waals surface area contributed by atoms with Crippen molar-refractivity contribution in [2.24, 2.45) is 11.7 Å². The van der Waals surface area contributed by atoms with Crippen molar-refractivity contribution >= 4 is 38.4 Å². The largest absolute Gasteiger partial charge is 0.495 e. The maximum Gasteiger partial charge on any atom is 0.244 e. The van der Waals surface area contributed by atoms with Crippen molar-refractivity contribution in [3.05, 3.63) is 22.2 Å². The molecule has 1 atom stereocenters. The van der Waals surface area contributed by atoms with Crippen molar-refractivity contribution < 1.29 is 13.2 Å². The second kappa shape index (κ2) is 7.28. The zero-order chi connectivity index (χ0) is 14.9. The van der Waals surface area contributed by atoms with E-state index in [0.29, 0.717) is 18.2 Å². The Balaban J connectivity index is 0.00000220. The lowest BCUT2D eigenvalue weighted by atomic mass is 10.2. The maximum atomic E-state index is 12.5. The topological polar surface area (TPSA) is 81.4 Å². The Morgan fingerprint density at radius 1 is 1.48 bits per heavy atom. The van der Waals surface area contributed by atoms with Gasteiger partial charge >= 0.3 is 0 Å². The summed E-state index contributed by atoms with van der Waals surface area (Å²) < 4.78 is 33.6. The van der Waals surface area contributed by atoms with E-state index in [1.54, 1.807) is 12.1 Å². The Bertz CT molecular complexity index is 606. The summed E-state index contributed by atoms with van der Waals surface area (Å²) in [4.78, 5) is 0.136. The lowest BCUT2D eigenvalue weighted by Gasteiger charge is -2.18. The predicted octanol–water partition coefficient (Wildman–Crippen LogP) is 2.20. The summed E-state index contributed by atoms with van der Waals surface area (Å²) >= 11 is 3.35. The van der Waals surface area contributed by atoms with Crippen molar-refractivity contribution in [3.8, 4) is 5.75 Å². The Kier molecular flexibility index (Phi) is 6.49. The second-order valence-electron chi connectivity index (χ2n) is 5.05. The molecule has 0 saturated heterocycles. The molecule has 1 aliphatic carbocycles. The Morgan fingerprint density at radius 2 is 2.10 bits per heavy atom. The number of aryl methyl sites for hydroxylation is 1. The molecule has 1 fully saturated rings. The molecule has 5 nitrogen and oxygen atoms in total. The number of benzene rings is 1. The Morgan fingerprint density at radius 3 is 2.57 bits per heavy atom. The average molecular weight is 400 g/mol. The van der Waals surface area contributed by atoms with Gasteiger partial charge in [0.05, 0.1) is 7.11 Å². The van der Waals surface area contributed by atoms with Gasteiger partial charge in [0.25, 0.3) is 0 Å². The summed E-state index contributed by atoms with van der Waals surface area (Å²) in [6.07, 6.45) is 2.05. The summed E-state index contributed by atoms with van der Waals surface area (Å²) in [5, 5.41) is 0. The zero-order valence-corrected chi connectivity index (χ0v) is 15.1. The standard InChI is InChI=1S/C13H19BrN2O3S.ClH/c1-8-5-12(19-2)13(6-10(8)14)20(17,18)16-11(7-15)9-3-4-9;/h5-6,9,11,16H,3-4,7,15H2,1-2H3;1H. The first-order valence-electron chi connectivity index (χ1n) is 6.45. The van der Waals surface area contributed by atoms with Gasteiger partial charge in [0.2, 0.25) is 10.0 Å². The molecule has 0 spiro atoms. The maximum absolute atomic E-state index is 12.5. The van der Waals surface area contributed by atoms with Crippen LogP contribution in [0, 0.1) is 12.8 Å². The van der Waals surface area contributed by atoms with Crippen LogP contribution in [0.2, 0.25) is 0 Å². The van der Waals surface area contributed by atoms with E-state index < -0.39 is 10.0 Å². The number of halogens is 2. The van der Waals surface area contributed by atoms with Crippen molar-refractivity contribution in [3.63, 3.8) is 0 Å². The number of nitrogens with two attached hydrogens (primary N) is 1. The highest BCUT2D eigenvalue weighted by Gasteiger charge is 2.34.